The molecule has 0 spiro atoms. The topological polar surface area (TPSA) is 116 Å². The van der Waals surface area contributed by atoms with E-state index >= 15 is 0 Å². The van der Waals surface area contributed by atoms with Crippen molar-refractivity contribution in [3.63, 3.8) is 0 Å². The Bertz CT molecular complexity index is 700. The van der Waals surface area contributed by atoms with E-state index < -0.39 is 11.9 Å². The summed E-state index contributed by atoms with van der Waals surface area (Å²) in [7, 11) is 1.38. The molecular formula is C13H12N4O4S. The molecule has 0 fully saturated rings. The van der Waals surface area contributed by atoms with Crippen LogP contribution in [-0.2, 0) is 9.53 Å². The van der Waals surface area contributed by atoms with Gasteiger partial charge >= 0.3 is 6.03 Å². The summed E-state index contributed by atoms with van der Waals surface area (Å²) in [6.07, 6.45) is 2.55. The number of aromatic nitrogens is 2. The number of benzene rings is 1. The highest BCUT2D eigenvalue weighted by atomic mass is 32.1. The largest absolute Gasteiger partial charge is 0.504 e. The Balaban J connectivity index is 2.37. The Morgan fingerprint density at radius 3 is 2.77 bits per heavy atom. The monoisotopic (exact) mass is 320 g/mol. The van der Waals surface area contributed by atoms with Gasteiger partial charge in [0.1, 0.15) is 12.1 Å². The van der Waals surface area contributed by atoms with Gasteiger partial charge in [-0.05, 0) is 6.07 Å². The van der Waals surface area contributed by atoms with E-state index in [0.29, 0.717) is 16.5 Å². The molecule has 114 valence electrons. The number of hydrogen-bond donors (Lipinski definition) is 2. The maximum Gasteiger partial charge on any atom is 0.319 e. The van der Waals surface area contributed by atoms with Crippen LogP contribution in [0.3, 0.4) is 0 Å². The van der Waals surface area contributed by atoms with E-state index in [0.717, 1.165) is 11.5 Å². The van der Waals surface area contributed by atoms with Gasteiger partial charge in [-0.2, -0.15) is 9.36 Å². The summed E-state index contributed by atoms with van der Waals surface area (Å²) in [6.45, 7) is 0. The number of nitrogens with two attached hydrogens (primary N) is 1. The Morgan fingerprint density at radius 1 is 1.36 bits per heavy atom. The number of nitrogens with zero attached hydrogens (tertiary/aromatic N) is 2. The average molecular weight is 320 g/mol. The fraction of sp³-hybridized carbons (Fsp3) is 0.0769. The zero-order valence-corrected chi connectivity index (χ0v) is 12.3. The van der Waals surface area contributed by atoms with E-state index in [1.165, 1.54) is 19.7 Å². The van der Waals surface area contributed by atoms with Gasteiger partial charge in [-0.1, -0.05) is 18.2 Å². The second-order valence-electron chi connectivity index (χ2n) is 3.89. The number of ether oxygens (including phenoxy) is 2. The molecule has 22 heavy (non-hydrogen) atoms. The number of hydrogen-bond acceptors (Lipinski definition) is 7. The van der Waals surface area contributed by atoms with Crippen LogP contribution < -0.4 is 15.8 Å². The van der Waals surface area contributed by atoms with Crippen LogP contribution >= 0.6 is 11.5 Å². The van der Waals surface area contributed by atoms with Gasteiger partial charge in [-0.15, -0.1) is 0 Å². The molecule has 9 heteroatoms. The van der Waals surface area contributed by atoms with Gasteiger partial charge in [0.25, 0.3) is 11.1 Å². The fourth-order valence-corrected chi connectivity index (χ4v) is 2.02. The third kappa shape index (κ3) is 3.79. The van der Waals surface area contributed by atoms with Gasteiger partial charge in [-0.25, -0.2) is 4.79 Å². The Kier molecular flexibility index (Phi) is 5.04. The second kappa shape index (κ2) is 7.18. The zero-order valence-electron chi connectivity index (χ0n) is 11.5. The number of rotatable bonds is 5. The van der Waals surface area contributed by atoms with Gasteiger partial charge in [0.15, 0.2) is 0 Å². The van der Waals surface area contributed by atoms with Crippen molar-refractivity contribution in [2.75, 3.05) is 7.11 Å². The van der Waals surface area contributed by atoms with Gasteiger partial charge < -0.3 is 15.2 Å². The Morgan fingerprint density at radius 2 is 2.14 bits per heavy atom. The molecule has 2 rings (SSSR count). The molecule has 1 heterocycles. The van der Waals surface area contributed by atoms with Crippen molar-refractivity contribution in [2.45, 2.75) is 0 Å². The van der Waals surface area contributed by atoms with Crippen LogP contribution in [-0.4, -0.2) is 28.4 Å². The molecule has 8 nitrogen and oxygen atoms in total. The van der Waals surface area contributed by atoms with Crippen LogP contribution in [0.1, 0.15) is 5.56 Å². The first-order chi connectivity index (χ1) is 10.6. The summed E-state index contributed by atoms with van der Waals surface area (Å²) in [5, 5.41) is 2.30. The number of nitrogens with one attached hydrogen (secondary N) is 1. The lowest BCUT2D eigenvalue weighted by Crippen LogP contribution is -2.35. The van der Waals surface area contributed by atoms with Crippen LogP contribution in [0.5, 0.6) is 10.9 Å². The Hall–Kier alpha value is -2.94. The minimum absolute atomic E-state index is 0.0846. The molecule has 0 aliphatic carbocycles. The lowest BCUT2D eigenvalue weighted by molar-refractivity contribution is -0.114. The van der Waals surface area contributed by atoms with E-state index in [1.54, 1.807) is 24.3 Å². The minimum atomic E-state index is -0.963. The van der Waals surface area contributed by atoms with E-state index in [9.17, 15) is 9.59 Å². The number of imide groups is 1. The lowest BCUT2D eigenvalue weighted by Gasteiger charge is -2.11. The van der Waals surface area contributed by atoms with Crippen LogP contribution in [0.25, 0.3) is 5.57 Å². The van der Waals surface area contributed by atoms with E-state index in [4.69, 9.17) is 15.2 Å². The SMILES string of the molecule is CO/C=C(/C(=O)NC(N)=O)c1ccccc1Oc1ncns1. The molecule has 1 aromatic heterocycles. The lowest BCUT2D eigenvalue weighted by atomic mass is 10.1. The maximum absolute atomic E-state index is 12.1. The third-order valence-electron chi connectivity index (χ3n) is 2.43. The quantitative estimate of drug-likeness (QED) is 0.637. The minimum Gasteiger partial charge on any atom is -0.504 e. The molecular weight excluding hydrogens is 308 g/mol. The summed E-state index contributed by atoms with van der Waals surface area (Å²) in [6, 6.07) is 5.77. The first kappa shape index (κ1) is 15.4. The van der Waals surface area contributed by atoms with Crippen LogP contribution in [0, 0.1) is 0 Å². The van der Waals surface area contributed by atoms with Crippen molar-refractivity contribution >= 4 is 29.0 Å². The summed E-state index contributed by atoms with van der Waals surface area (Å²) >= 11 is 1.06. The van der Waals surface area contributed by atoms with Gasteiger partial charge in [0.2, 0.25) is 0 Å². The third-order valence-corrected chi connectivity index (χ3v) is 2.98. The molecule has 2 aromatic rings. The van der Waals surface area contributed by atoms with E-state index in [-0.39, 0.29) is 5.57 Å². The van der Waals surface area contributed by atoms with Crippen LogP contribution in [0.4, 0.5) is 4.79 Å². The molecule has 0 unspecified atom stereocenters. The maximum atomic E-state index is 12.1. The normalized spacial score (nSPS) is 10.9. The van der Waals surface area contributed by atoms with Crippen molar-refractivity contribution in [1.82, 2.24) is 14.7 Å². The first-order valence-corrected chi connectivity index (χ1v) is 6.77. The number of para-hydroxylation sites is 1. The molecule has 0 aliphatic heterocycles. The summed E-state index contributed by atoms with van der Waals surface area (Å²) in [5.41, 5.74) is 5.47. The molecule has 3 N–H and O–H groups in total. The predicted octanol–water partition coefficient (Wildman–Crippen LogP) is 1.51. The molecule has 1 aromatic carbocycles. The van der Waals surface area contributed by atoms with Crippen molar-refractivity contribution in [3.8, 4) is 10.9 Å². The number of amides is 3. The van der Waals surface area contributed by atoms with E-state index in [2.05, 4.69) is 9.36 Å². The molecule has 3 amide bonds. The van der Waals surface area contributed by atoms with E-state index in [1.807, 2.05) is 5.32 Å². The van der Waals surface area contributed by atoms with Gasteiger partial charge in [-0.3, -0.25) is 10.1 Å². The molecule has 0 atom stereocenters. The van der Waals surface area contributed by atoms with Crippen molar-refractivity contribution < 1.29 is 19.1 Å². The summed E-state index contributed by atoms with van der Waals surface area (Å²) in [4.78, 5) is 26.8. The molecule has 0 saturated carbocycles. The summed E-state index contributed by atoms with van der Waals surface area (Å²) in [5.74, 6) is -0.343. The summed E-state index contributed by atoms with van der Waals surface area (Å²) < 4.78 is 14.3. The smallest absolute Gasteiger partial charge is 0.319 e. The van der Waals surface area contributed by atoms with Crippen LogP contribution in [0.2, 0.25) is 0 Å². The predicted molar refractivity (Wildman–Crippen MR) is 79.1 cm³/mol. The van der Waals surface area contributed by atoms with Crippen LogP contribution in [0.15, 0.2) is 36.9 Å². The number of urea groups is 1. The highest BCUT2D eigenvalue weighted by Gasteiger charge is 2.19. The standard InChI is InChI=1S/C13H12N4O4S/c1-20-6-9(11(18)17-12(14)19)8-4-2-3-5-10(8)21-13-15-7-16-22-13/h2-7H,1H3,(H3,14,17,18,19)/b9-6+. The number of methoxy groups -OCH3 is 1. The van der Waals surface area contributed by atoms with Crippen molar-refractivity contribution in [1.29, 1.82) is 0 Å². The molecule has 0 saturated heterocycles. The van der Waals surface area contributed by atoms with Crippen molar-refractivity contribution in [2.24, 2.45) is 5.73 Å². The fourth-order valence-electron chi connectivity index (χ4n) is 1.62. The second-order valence-corrected chi connectivity index (χ2v) is 4.63. The average Bonchev–Trinajstić information content (AvgIpc) is 2.98. The first-order valence-electron chi connectivity index (χ1n) is 5.99. The number of carbonyl (C=O) groups excluding carboxylic acids is 2. The molecule has 0 bridgehead atoms. The highest BCUT2D eigenvalue weighted by molar-refractivity contribution is 7.07. The van der Waals surface area contributed by atoms with Gasteiger partial charge in [0, 0.05) is 17.1 Å². The number of carbonyl (C=O) groups is 2. The molecule has 0 aliphatic rings. The van der Waals surface area contributed by atoms with Crippen molar-refractivity contribution in [3.05, 3.63) is 42.4 Å². The molecule has 0 radical (unpaired) electrons. The number of primary amides is 1. The zero-order chi connectivity index (χ0) is 15.9. The Labute approximate surface area is 129 Å². The highest BCUT2D eigenvalue weighted by Crippen LogP contribution is 2.30. The van der Waals surface area contributed by atoms with Gasteiger partial charge in [0.05, 0.1) is 18.9 Å².